The van der Waals surface area contributed by atoms with Crippen LogP contribution < -0.4 is 5.32 Å². The summed E-state index contributed by atoms with van der Waals surface area (Å²) in [7, 11) is 0. The summed E-state index contributed by atoms with van der Waals surface area (Å²) in [5.41, 5.74) is 0.876. The van der Waals surface area contributed by atoms with Gasteiger partial charge in [0, 0.05) is 24.4 Å². The van der Waals surface area contributed by atoms with Gasteiger partial charge in [0.05, 0.1) is 12.1 Å². The minimum absolute atomic E-state index is 0.0492. The third kappa shape index (κ3) is 2.92. The molecule has 3 nitrogen and oxygen atoms in total. The molecule has 1 saturated heterocycles. The van der Waals surface area contributed by atoms with Gasteiger partial charge in [0.1, 0.15) is 0 Å². The first kappa shape index (κ1) is 16.2. The lowest BCUT2D eigenvalue weighted by Crippen LogP contribution is -2.42. The zero-order valence-corrected chi connectivity index (χ0v) is 13.7. The van der Waals surface area contributed by atoms with Crippen molar-refractivity contribution < 1.29 is 0 Å². The second-order valence-corrected chi connectivity index (χ2v) is 6.49. The Morgan fingerprint density at radius 1 is 1.21 bits per heavy atom. The Kier molecular flexibility index (Phi) is 4.65. The fourth-order valence-electron chi connectivity index (χ4n) is 3.78. The summed E-state index contributed by atoms with van der Waals surface area (Å²) in [6.45, 7) is 3.94. The number of rotatable bonds is 5. The molecule has 1 aromatic rings. The highest BCUT2D eigenvalue weighted by Gasteiger charge is 2.44. The molecule has 0 spiro atoms. The van der Waals surface area contributed by atoms with Gasteiger partial charge in [-0.3, -0.25) is 0 Å². The van der Waals surface area contributed by atoms with Gasteiger partial charge in [0.2, 0.25) is 0 Å². The van der Waals surface area contributed by atoms with Crippen LogP contribution in [0.3, 0.4) is 0 Å². The molecule has 2 unspecified atom stereocenters. The van der Waals surface area contributed by atoms with Gasteiger partial charge in [-0.1, -0.05) is 54.6 Å². The molecule has 1 aromatic carbocycles. The van der Waals surface area contributed by atoms with Crippen molar-refractivity contribution in [3.8, 4) is 12.1 Å². The van der Waals surface area contributed by atoms with Crippen molar-refractivity contribution in [1.82, 2.24) is 5.32 Å². The molecule has 3 rings (SSSR count). The molecular formula is C21H21N3. The third-order valence-corrected chi connectivity index (χ3v) is 5.05. The molecule has 0 aliphatic carbocycles. The lowest BCUT2D eigenvalue weighted by molar-refractivity contribution is 0.419. The fourth-order valence-corrected chi connectivity index (χ4v) is 3.78. The minimum atomic E-state index is -1.12. The lowest BCUT2D eigenvalue weighted by Gasteiger charge is -2.34. The average Bonchev–Trinajstić information content (AvgIpc) is 3.01. The van der Waals surface area contributed by atoms with Crippen LogP contribution in [0, 0.1) is 34.0 Å². The Labute approximate surface area is 143 Å². The van der Waals surface area contributed by atoms with Gasteiger partial charge in [0.25, 0.3) is 0 Å². The number of nitriles is 2. The van der Waals surface area contributed by atoms with Crippen molar-refractivity contribution >= 4 is 6.08 Å². The van der Waals surface area contributed by atoms with Crippen molar-refractivity contribution in [2.75, 3.05) is 0 Å². The van der Waals surface area contributed by atoms with Gasteiger partial charge in [-0.15, -0.1) is 6.58 Å². The van der Waals surface area contributed by atoms with Crippen LogP contribution in [0.25, 0.3) is 6.08 Å². The Morgan fingerprint density at radius 2 is 1.96 bits per heavy atom. The van der Waals surface area contributed by atoms with Crippen molar-refractivity contribution in [3.05, 3.63) is 66.3 Å². The Bertz CT molecular complexity index is 732. The van der Waals surface area contributed by atoms with Gasteiger partial charge in [-0.05, 0) is 24.0 Å². The van der Waals surface area contributed by atoms with Gasteiger partial charge < -0.3 is 5.32 Å². The van der Waals surface area contributed by atoms with E-state index in [1.165, 1.54) is 0 Å². The van der Waals surface area contributed by atoms with Crippen LogP contribution in [0.2, 0.25) is 0 Å². The van der Waals surface area contributed by atoms with E-state index in [1.807, 2.05) is 48.6 Å². The van der Waals surface area contributed by atoms with Gasteiger partial charge in [-0.2, -0.15) is 10.5 Å². The van der Waals surface area contributed by atoms with Crippen LogP contribution >= 0.6 is 0 Å². The predicted molar refractivity (Wildman–Crippen MR) is 95.5 cm³/mol. The molecule has 2 heterocycles. The summed E-state index contributed by atoms with van der Waals surface area (Å²) in [6, 6.07) is 15.1. The van der Waals surface area contributed by atoms with E-state index >= 15 is 0 Å². The van der Waals surface area contributed by atoms with E-state index in [9.17, 15) is 10.5 Å². The molecule has 3 atom stereocenters. The summed E-state index contributed by atoms with van der Waals surface area (Å²) in [4.78, 5) is 0. The van der Waals surface area contributed by atoms with Crippen LogP contribution in [0.15, 0.2) is 60.7 Å². The number of fused-ring (bicyclic) bond motifs is 2. The Hall–Kier alpha value is -2.62. The number of benzene rings is 1. The van der Waals surface area contributed by atoms with Gasteiger partial charge in [0.15, 0.2) is 5.41 Å². The molecule has 2 bridgehead atoms. The normalized spacial score (nSPS) is 25.8. The van der Waals surface area contributed by atoms with E-state index in [0.717, 1.165) is 24.0 Å². The summed E-state index contributed by atoms with van der Waals surface area (Å²) >= 11 is 0. The molecule has 120 valence electrons. The average molecular weight is 315 g/mol. The number of nitrogens with zero attached hydrogens (tertiary/aromatic N) is 2. The van der Waals surface area contributed by atoms with E-state index in [4.69, 9.17) is 0 Å². The van der Waals surface area contributed by atoms with Crippen molar-refractivity contribution in [3.63, 3.8) is 0 Å². The number of hydrogen-bond acceptors (Lipinski definition) is 3. The molecule has 1 fully saturated rings. The van der Waals surface area contributed by atoms with E-state index in [1.54, 1.807) is 0 Å². The van der Waals surface area contributed by atoms with Crippen molar-refractivity contribution in [1.29, 1.82) is 10.5 Å². The molecule has 0 radical (unpaired) electrons. The molecule has 24 heavy (non-hydrogen) atoms. The SMILES string of the molecule is C=C[C@@H]1C(C(C#N)(C#N)C/C=C/c2ccccc2)=CC2CCC1N2. The molecule has 0 amide bonds. The highest BCUT2D eigenvalue weighted by molar-refractivity contribution is 5.50. The van der Waals surface area contributed by atoms with Crippen LogP contribution in [-0.2, 0) is 0 Å². The van der Waals surface area contributed by atoms with Crippen LogP contribution in [0.4, 0.5) is 0 Å². The monoisotopic (exact) mass is 315 g/mol. The minimum Gasteiger partial charge on any atom is -0.307 e. The van der Waals surface area contributed by atoms with Crippen LogP contribution in [-0.4, -0.2) is 12.1 Å². The summed E-state index contributed by atoms with van der Waals surface area (Å²) in [5, 5.41) is 23.2. The predicted octanol–water partition coefficient (Wildman–Crippen LogP) is 3.99. The molecule has 1 N–H and O–H groups in total. The maximum atomic E-state index is 9.83. The topological polar surface area (TPSA) is 59.6 Å². The highest BCUT2D eigenvalue weighted by atomic mass is 15.0. The van der Waals surface area contributed by atoms with Crippen LogP contribution in [0.1, 0.15) is 24.8 Å². The fraction of sp³-hybridized carbons (Fsp3) is 0.333. The molecule has 3 heteroatoms. The number of nitrogens with one attached hydrogen (secondary N) is 1. The zero-order valence-electron chi connectivity index (χ0n) is 13.7. The van der Waals surface area contributed by atoms with E-state index in [0.29, 0.717) is 12.5 Å². The molecule has 2 aliphatic rings. The summed E-state index contributed by atoms with van der Waals surface area (Å²) in [6.07, 6.45) is 10.4. The van der Waals surface area contributed by atoms with Gasteiger partial charge >= 0.3 is 0 Å². The first-order chi connectivity index (χ1) is 11.7. The zero-order chi connectivity index (χ0) is 17.0. The number of allylic oxidation sites excluding steroid dienone is 1. The standard InChI is InChI=1S/C21H21N3/c1-2-18-19(13-17-10-11-20(18)24-17)21(14-22,15-23)12-6-9-16-7-4-3-5-8-16/h2-9,13,17-18,20,24H,1,10-12H2/b9-6+/t17?,18-,20?/m1/s1. The Balaban J connectivity index is 1.88. The van der Waals surface area contributed by atoms with E-state index in [2.05, 4.69) is 30.1 Å². The smallest absolute Gasteiger partial charge is 0.168 e. The second-order valence-electron chi connectivity index (χ2n) is 6.49. The quantitative estimate of drug-likeness (QED) is 0.836. The molecule has 0 saturated carbocycles. The second kappa shape index (κ2) is 6.87. The van der Waals surface area contributed by atoms with Crippen LogP contribution in [0.5, 0.6) is 0 Å². The van der Waals surface area contributed by atoms with E-state index in [-0.39, 0.29) is 12.0 Å². The first-order valence-electron chi connectivity index (χ1n) is 8.37. The lowest BCUT2D eigenvalue weighted by atomic mass is 9.70. The van der Waals surface area contributed by atoms with Crippen molar-refractivity contribution in [2.24, 2.45) is 11.3 Å². The first-order valence-corrected chi connectivity index (χ1v) is 8.37. The Morgan fingerprint density at radius 3 is 2.62 bits per heavy atom. The maximum Gasteiger partial charge on any atom is 0.168 e. The van der Waals surface area contributed by atoms with E-state index < -0.39 is 5.41 Å². The molecule has 2 aliphatic heterocycles. The summed E-state index contributed by atoms with van der Waals surface area (Å²) < 4.78 is 0. The largest absolute Gasteiger partial charge is 0.307 e. The third-order valence-electron chi connectivity index (χ3n) is 5.05. The summed E-state index contributed by atoms with van der Waals surface area (Å²) in [5.74, 6) is 0.0492. The molecular weight excluding hydrogens is 294 g/mol. The number of hydrogen-bond donors (Lipinski definition) is 1. The van der Waals surface area contributed by atoms with Gasteiger partial charge in [-0.25, -0.2) is 0 Å². The van der Waals surface area contributed by atoms with Crippen molar-refractivity contribution in [2.45, 2.75) is 31.3 Å². The maximum absolute atomic E-state index is 9.83. The highest BCUT2D eigenvalue weighted by Crippen LogP contribution is 2.43. The molecule has 0 aromatic heterocycles.